The van der Waals surface area contributed by atoms with Crippen LogP contribution in [0.5, 0.6) is 0 Å². The molecule has 6 heteroatoms. The van der Waals surface area contributed by atoms with E-state index in [4.69, 9.17) is 0 Å². The first kappa shape index (κ1) is 13.0. The zero-order valence-corrected chi connectivity index (χ0v) is 11.2. The molecule has 1 fully saturated rings. The third-order valence-electron chi connectivity index (χ3n) is 2.98. The maximum Gasteiger partial charge on any atom is 0.264 e. The fraction of sp³-hybridized carbons (Fsp3) is 0.500. The molecular weight excluding hydrogens is 250 g/mol. The molecule has 1 aromatic rings. The summed E-state index contributed by atoms with van der Waals surface area (Å²) >= 11 is 1.46. The normalized spacial score (nSPS) is 15.8. The monoisotopic (exact) mass is 267 g/mol. The van der Waals surface area contributed by atoms with Gasteiger partial charge in [-0.2, -0.15) is 0 Å². The first-order valence-electron chi connectivity index (χ1n) is 5.97. The van der Waals surface area contributed by atoms with Crippen LogP contribution in [0, 0.1) is 0 Å². The van der Waals surface area contributed by atoms with Gasteiger partial charge in [0.15, 0.2) is 0 Å². The van der Waals surface area contributed by atoms with Crippen molar-refractivity contribution in [1.82, 2.24) is 15.1 Å². The Labute approximate surface area is 110 Å². The van der Waals surface area contributed by atoms with Gasteiger partial charge in [0.1, 0.15) is 0 Å². The Morgan fingerprint density at radius 1 is 1.28 bits per heavy atom. The Hall–Kier alpha value is -1.40. The van der Waals surface area contributed by atoms with Gasteiger partial charge < -0.3 is 15.1 Å². The number of piperazine rings is 1. The van der Waals surface area contributed by atoms with Crippen molar-refractivity contribution in [2.24, 2.45) is 0 Å². The minimum absolute atomic E-state index is 0.0747. The molecule has 2 rings (SSSR count). The first-order valence-corrected chi connectivity index (χ1v) is 6.85. The number of likely N-dealkylation sites (N-methyl/N-ethyl adjacent to an activating group) is 1. The molecule has 2 amide bonds. The van der Waals surface area contributed by atoms with Crippen molar-refractivity contribution < 1.29 is 9.59 Å². The van der Waals surface area contributed by atoms with Crippen molar-refractivity contribution in [3.63, 3.8) is 0 Å². The van der Waals surface area contributed by atoms with Gasteiger partial charge in [-0.05, 0) is 18.5 Å². The zero-order valence-electron chi connectivity index (χ0n) is 10.4. The highest BCUT2D eigenvalue weighted by molar-refractivity contribution is 7.12. The van der Waals surface area contributed by atoms with E-state index in [9.17, 15) is 9.59 Å². The van der Waals surface area contributed by atoms with Crippen LogP contribution in [0.25, 0.3) is 0 Å². The van der Waals surface area contributed by atoms with E-state index in [1.807, 2.05) is 22.4 Å². The van der Waals surface area contributed by atoms with E-state index < -0.39 is 0 Å². The SMILES string of the molecule is CNCC(=O)N1CCN(C(=O)c2cccs2)CC1. The highest BCUT2D eigenvalue weighted by Crippen LogP contribution is 2.13. The molecule has 0 aromatic carbocycles. The molecule has 5 nitrogen and oxygen atoms in total. The predicted octanol–water partition coefficient (Wildman–Crippen LogP) is 0.252. The molecule has 0 saturated carbocycles. The largest absolute Gasteiger partial charge is 0.338 e. The highest BCUT2D eigenvalue weighted by Gasteiger charge is 2.24. The number of carbonyl (C=O) groups excluding carboxylic acids is 2. The highest BCUT2D eigenvalue weighted by atomic mass is 32.1. The summed E-state index contributed by atoms with van der Waals surface area (Å²) in [6.07, 6.45) is 0. The number of hydrogen-bond acceptors (Lipinski definition) is 4. The minimum Gasteiger partial charge on any atom is -0.338 e. The lowest BCUT2D eigenvalue weighted by Crippen LogP contribution is -2.52. The molecule has 1 saturated heterocycles. The third kappa shape index (κ3) is 2.88. The quantitative estimate of drug-likeness (QED) is 0.854. The summed E-state index contributed by atoms with van der Waals surface area (Å²) in [5.74, 6) is 0.173. The van der Waals surface area contributed by atoms with Crippen molar-refractivity contribution >= 4 is 23.2 Å². The van der Waals surface area contributed by atoms with E-state index in [0.717, 1.165) is 4.88 Å². The second-order valence-electron chi connectivity index (χ2n) is 4.18. The Morgan fingerprint density at radius 3 is 2.50 bits per heavy atom. The molecule has 98 valence electrons. The zero-order chi connectivity index (χ0) is 13.0. The Kier molecular flexibility index (Phi) is 4.33. The molecule has 0 unspecified atom stereocenters. The predicted molar refractivity (Wildman–Crippen MR) is 70.7 cm³/mol. The molecular formula is C12H17N3O2S. The van der Waals surface area contributed by atoms with Crippen molar-refractivity contribution in [3.8, 4) is 0 Å². The van der Waals surface area contributed by atoms with Crippen molar-refractivity contribution in [2.75, 3.05) is 39.8 Å². The number of rotatable bonds is 3. The first-order chi connectivity index (χ1) is 8.72. The fourth-order valence-electron chi connectivity index (χ4n) is 1.98. The van der Waals surface area contributed by atoms with Gasteiger partial charge in [0.25, 0.3) is 5.91 Å². The van der Waals surface area contributed by atoms with Crippen LogP contribution in [0.1, 0.15) is 9.67 Å². The Morgan fingerprint density at radius 2 is 1.94 bits per heavy atom. The maximum absolute atomic E-state index is 12.1. The van der Waals surface area contributed by atoms with Crippen LogP contribution in [0.15, 0.2) is 17.5 Å². The topological polar surface area (TPSA) is 52.7 Å². The van der Waals surface area contributed by atoms with E-state index >= 15 is 0 Å². The van der Waals surface area contributed by atoms with Crippen LogP contribution in [0.3, 0.4) is 0 Å². The third-order valence-corrected chi connectivity index (χ3v) is 3.84. The van der Waals surface area contributed by atoms with Crippen LogP contribution in [-0.2, 0) is 4.79 Å². The number of nitrogens with one attached hydrogen (secondary N) is 1. The molecule has 0 bridgehead atoms. The molecule has 0 aliphatic carbocycles. The minimum atomic E-state index is 0.0747. The summed E-state index contributed by atoms with van der Waals surface area (Å²) in [7, 11) is 1.76. The van der Waals surface area contributed by atoms with Crippen LogP contribution in [-0.4, -0.2) is 61.4 Å². The van der Waals surface area contributed by atoms with Crippen LogP contribution in [0.4, 0.5) is 0 Å². The summed E-state index contributed by atoms with van der Waals surface area (Å²) in [4.78, 5) is 28.1. The van der Waals surface area contributed by atoms with E-state index in [2.05, 4.69) is 5.32 Å². The van der Waals surface area contributed by atoms with Crippen LogP contribution in [0.2, 0.25) is 0 Å². The number of amides is 2. The lowest BCUT2D eigenvalue weighted by Gasteiger charge is -2.34. The molecule has 2 heterocycles. The van der Waals surface area contributed by atoms with Gasteiger partial charge in [0.05, 0.1) is 11.4 Å². The number of thiophene rings is 1. The summed E-state index contributed by atoms with van der Waals surface area (Å²) in [6.45, 7) is 2.84. The molecule has 1 aliphatic heterocycles. The van der Waals surface area contributed by atoms with Crippen molar-refractivity contribution in [1.29, 1.82) is 0 Å². The number of hydrogen-bond donors (Lipinski definition) is 1. The van der Waals surface area contributed by atoms with E-state index in [-0.39, 0.29) is 11.8 Å². The molecule has 0 atom stereocenters. The second kappa shape index (κ2) is 5.97. The number of nitrogens with zero attached hydrogens (tertiary/aromatic N) is 2. The molecule has 18 heavy (non-hydrogen) atoms. The van der Waals surface area contributed by atoms with Gasteiger partial charge in [0.2, 0.25) is 5.91 Å². The molecule has 1 N–H and O–H groups in total. The smallest absolute Gasteiger partial charge is 0.264 e. The molecule has 1 aliphatic rings. The summed E-state index contributed by atoms with van der Waals surface area (Å²) in [6, 6.07) is 3.72. The second-order valence-corrected chi connectivity index (χ2v) is 5.13. The van der Waals surface area contributed by atoms with E-state index in [0.29, 0.717) is 32.7 Å². The summed E-state index contributed by atoms with van der Waals surface area (Å²) in [5.41, 5.74) is 0. The average molecular weight is 267 g/mol. The summed E-state index contributed by atoms with van der Waals surface area (Å²) in [5, 5.41) is 4.75. The van der Waals surface area contributed by atoms with Gasteiger partial charge >= 0.3 is 0 Å². The molecule has 0 radical (unpaired) electrons. The summed E-state index contributed by atoms with van der Waals surface area (Å²) < 4.78 is 0. The average Bonchev–Trinajstić information content (AvgIpc) is 2.92. The van der Waals surface area contributed by atoms with Gasteiger partial charge in [-0.15, -0.1) is 11.3 Å². The van der Waals surface area contributed by atoms with E-state index in [1.54, 1.807) is 11.9 Å². The lowest BCUT2D eigenvalue weighted by atomic mass is 10.3. The van der Waals surface area contributed by atoms with Gasteiger partial charge in [-0.3, -0.25) is 9.59 Å². The van der Waals surface area contributed by atoms with Crippen molar-refractivity contribution in [3.05, 3.63) is 22.4 Å². The fourth-order valence-corrected chi connectivity index (χ4v) is 2.67. The van der Waals surface area contributed by atoms with Crippen LogP contribution >= 0.6 is 11.3 Å². The molecule has 0 spiro atoms. The Balaban J connectivity index is 1.87. The van der Waals surface area contributed by atoms with Gasteiger partial charge in [-0.25, -0.2) is 0 Å². The Bertz CT molecular complexity index is 411. The standard InChI is InChI=1S/C12H17N3O2S/c1-13-9-11(16)14-4-6-15(7-5-14)12(17)10-3-2-8-18-10/h2-3,8,13H,4-7,9H2,1H3. The molecule has 1 aromatic heterocycles. The van der Waals surface area contributed by atoms with E-state index in [1.165, 1.54) is 11.3 Å². The lowest BCUT2D eigenvalue weighted by molar-refractivity contribution is -0.131. The maximum atomic E-state index is 12.1. The van der Waals surface area contributed by atoms with Crippen LogP contribution < -0.4 is 5.32 Å². The van der Waals surface area contributed by atoms with Gasteiger partial charge in [0, 0.05) is 26.2 Å². The number of carbonyl (C=O) groups is 2. The van der Waals surface area contributed by atoms with Crippen molar-refractivity contribution in [2.45, 2.75) is 0 Å². The van der Waals surface area contributed by atoms with Gasteiger partial charge in [-0.1, -0.05) is 6.07 Å².